The van der Waals surface area contributed by atoms with Crippen molar-refractivity contribution in [2.45, 2.75) is 55.9 Å². The first kappa shape index (κ1) is 24.8. The average molecular weight is 447 g/mol. The fraction of sp³-hybridized carbons (Fsp3) is 0.625. The summed E-state index contributed by atoms with van der Waals surface area (Å²) in [7, 11) is 0. The van der Waals surface area contributed by atoms with Gasteiger partial charge in [-0.1, -0.05) is 0 Å². The van der Waals surface area contributed by atoms with Gasteiger partial charge in [0.1, 0.15) is 36.6 Å². The molecule has 3 rings (SSSR count). The molecule has 2 aromatic rings. The Hall–Kier alpha value is -2.50. The number of aromatic nitrogens is 4. The molecule has 1 saturated heterocycles. The number of H-pyrrole nitrogens is 1. The van der Waals surface area contributed by atoms with Crippen LogP contribution >= 0.6 is 0 Å². The lowest BCUT2D eigenvalue weighted by Gasteiger charge is -2.21. The van der Waals surface area contributed by atoms with Crippen LogP contribution in [0.15, 0.2) is 11.1 Å². The first-order chi connectivity index (χ1) is 14.5. The Bertz CT molecular complexity index is 933. The van der Waals surface area contributed by atoms with Gasteiger partial charge in [0, 0.05) is 0 Å². The van der Waals surface area contributed by atoms with Gasteiger partial charge >= 0.3 is 0 Å². The molecule has 1 fully saturated rings. The molecule has 0 bridgehead atoms. The first-order valence-corrected chi connectivity index (χ1v) is 9.05. The fourth-order valence-corrected chi connectivity index (χ4v) is 2.81. The van der Waals surface area contributed by atoms with Crippen LogP contribution < -0.4 is 11.3 Å². The van der Waals surface area contributed by atoms with Crippen LogP contribution in [-0.4, -0.2) is 111 Å². The summed E-state index contributed by atoms with van der Waals surface area (Å²) in [5, 5.41) is 63.8. The van der Waals surface area contributed by atoms with Crippen LogP contribution in [0.3, 0.4) is 0 Å². The standard InChI is InChI=1S/C10H13N5O5.C6H12O5/c11-10-13-7-4(8(19)14-10)12-2-15(7)9-6(18)5(17)3(1-16)20-9;1-3(8)5(10)6(11)4(9)2-7/h2-3,5-6,9,16-18H,1H2,(H3,11,13,14,19);2-6,8-11H,1H3/t3-,5-,6-,9-;/m1./s1. The van der Waals surface area contributed by atoms with Crippen molar-refractivity contribution in [2.24, 2.45) is 0 Å². The molecule has 174 valence electrons. The van der Waals surface area contributed by atoms with Crippen LogP contribution in [0.2, 0.25) is 0 Å². The molecule has 4 unspecified atom stereocenters. The van der Waals surface area contributed by atoms with Crippen LogP contribution in [0, 0.1) is 0 Å². The number of imidazole rings is 1. The van der Waals surface area contributed by atoms with E-state index in [1.54, 1.807) is 0 Å². The van der Waals surface area contributed by atoms with Gasteiger partial charge in [-0.2, -0.15) is 4.98 Å². The van der Waals surface area contributed by atoms with Gasteiger partial charge in [0.05, 0.1) is 19.0 Å². The highest BCUT2D eigenvalue weighted by molar-refractivity contribution is 5.70. The highest BCUT2D eigenvalue weighted by atomic mass is 16.6. The van der Waals surface area contributed by atoms with E-state index in [1.165, 1.54) is 17.8 Å². The average Bonchev–Trinajstić information content (AvgIpc) is 3.27. The van der Waals surface area contributed by atoms with Crippen molar-refractivity contribution < 1.29 is 45.3 Å². The lowest BCUT2D eigenvalue weighted by Crippen LogP contribution is -2.43. The monoisotopic (exact) mass is 447 g/mol. The van der Waals surface area contributed by atoms with Crippen LogP contribution in [0.1, 0.15) is 13.2 Å². The smallest absolute Gasteiger partial charge is 0.280 e. The number of rotatable bonds is 6. The second-order valence-electron chi connectivity index (χ2n) is 6.85. The van der Waals surface area contributed by atoms with Gasteiger partial charge in [0.2, 0.25) is 5.95 Å². The van der Waals surface area contributed by atoms with Crippen LogP contribution in [0.4, 0.5) is 5.95 Å². The Labute approximate surface area is 174 Å². The number of nitrogens with zero attached hydrogens (tertiary/aromatic N) is 3. The number of carbonyl (C=O) groups is 1. The number of aliphatic hydroxyl groups excluding tert-OH is 7. The van der Waals surface area contributed by atoms with Gasteiger partial charge in [-0.25, -0.2) is 4.98 Å². The van der Waals surface area contributed by atoms with Crippen LogP contribution in [0.25, 0.3) is 11.2 Å². The van der Waals surface area contributed by atoms with Gasteiger partial charge in [-0.15, -0.1) is 0 Å². The highest BCUT2D eigenvalue weighted by Crippen LogP contribution is 2.30. The predicted octanol–water partition coefficient (Wildman–Crippen LogP) is -5.04. The number of anilines is 1. The van der Waals surface area contributed by atoms with Gasteiger partial charge < -0.3 is 51.0 Å². The molecule has 0 amide bonds. The van der Waals surface area contributed by atoms with E-state index in [2.05, 4.69) is 15.0 Å². The van der Waals surface area contributed by atoms with E-state index >= 15 is 0 Å². The molecule has 2 aromatic heterocycles. The number of carbonyl (C=O) groups excluding carboxylic acids is 1. The summed E-state index contributed by atoms with van der Waals surface area (Å²) in [6.07, 6.45) is -9.09. The molecule has 0 aromatic carbocycles. The Morgan fingerprint density at radius 1 is 1.26 bits per heavy atom. The summed E-state index contributed by atoms with van der Waals surface area (Å²) < 4.78 is 6.64. The lowest BCUT2D eigenvalue weighted by atomic mass is 10.1. The number of hydrogen-bond acceptors (Lipinski definition) is 13. The Morgan fingerprint density at radius 3 is 2.42 bits per heavy atom. The first-order valence-electron chi connectivity index (χ1n) is 9.05. The molecule has 1 aliphatic rings. The molecule has 3 heterocycles. The molecule has 8 atom stereocenters. The maximum Gasteiger partial charge on any atom is 0.280 e. The molecular weight excluding hydrogens is 422 g/mol. The number of hydrogen-bond donors (Lipinski definition) is 9. The summed E-state index contributed by atoms with van der Waals surface area (Å²) in [6.45, 7) is 0.795. The van der Waals surface area contributed by atoms with Crippen molar-refractivity contribution >= 4 is 23.4 Å². The minimum absolute atomic E-state index is 0.0388. The van der Waals surface area contributed by atoms with Crippen LogP contribution in [-0.2, 0) is 9.53 Å². The molecule has 31 heavy (non-hydrogen) atoms. The number of nitrogen functional groups attached to an aromatic ring is 1. The maximum atomic E-state index is 11.7. The highest BCUT2D eigenvalue weighted by Gasteiger charge is 2.44. The van der Waals surface area contributed by atoms with Crippen molar-refractivity contribution in [3.8, 4) is 0 Å². The zero-order valence-electron chi connectivity index (χ0n) is 16.3. The van der Waals surface area contributed by atoms with E-state index in [4.69, 9.17) is 36.0 Å². The van der Waals surface area contributed by atoms with E-state index in [9.17, 15) is 19.8 Å². The number of ether oxygens (including phenoxy) is 1. The third-order valence-electron chi connectivity index (χ3n) is 4.58. The van der Waals surface area contributed by atoms with E-state index < -0.39 is 61.1 Å². The Morgan fingerprint density at radius 2 is 1.90 bits per heavy atom. The van der Waals surface area contributed by atoms with Gasteiger partial charge in [0.25, 0.3) is 5.56 Å². The summed E-state index contributed by atoms with van der Waals surface area (Å²) >= 11 is 0. The van der Waals surface area contributed by atoms with Crippen molar-refractivity contribution in [3.63, 3.8) is 0 Å². The largest absolute Gasteiger partial charge is 0.394 e. The van der Waals surface area contributed by atoms with Crippen molar-refractivity contribution in [1.82, 2.24) is 19.5 Å². The molecule has 0 spiro atoms. The summed E-state index contributed by atoms with van der Waals surface area (Å²) in [4.78, 5) is 31.6. The quantitative estimate of drug-likeness (QED) is 0.188. The molecule has 0 radical (unpaired) electrons. The summed E-state index contributed by atoms with van der Waals surface area (Å²) in [5.74, 6) is -0.101. The predicted molar refractivity (Wildman–Crippen MR) is 101 cm³/mol. The second-order valence-corrected chi connectivity index (χ2v) is 6.85. The molecule has 0 saturated carbocycles. The molecule has 10 N–H and O–H groups in total. The fourth-order valence-electron chi connectivity index (χ4n) is 2.81. The van der Waals surface area contributed by atoms with Gasteiger partial charge in [-0.3, -0.25) is 14.3 Å². The minimum Gasteiger partial charge on any atom is -0.394 e. The normalized spacial score (nSPS) is 27.2. The van der Waals surface area contributed by atoms with E-state index in [-0.39, 0.29) is 23.4 Å². The zero-order chi connectivity index (χ0) is 23.5. The number of nitrogens with one attached hydrogen (secondary N) is 1. The third-order valence-corrected chi connectivity index (χ3v) is 4.58. The van der Waals surface area contributed by atoms with Gasteiger partial charge in [0.15, 0.2) is 23.7 Å². The Balaban J connectivity index is 0.000000267. The van der Waals surface area contributed by atoms with Crippen molar-refractivity contribution in [2.75, 3.05) is 12.3 Å². The molecule has 1 aliphatic heterocycles. The number of nitrogens with two attached hydrogens (primary N) is 1. The third kappa shape index (κ3) is 5.23. The summed E-state index contributed by atoms with van der Waals surface area (Å²) in [5.41, 5.74) is 5.12. The van der Waals surface area contributed by atoms with E-state index in [0.29, 0.717) is 0 Å². The molecular formula is C16H25N5O10. The van der Waals surface area contributed by atoms with Gasteiger partial charge in [-0.05, 0) is 6.92 Å². The maximum absolute atomic E-state index is 11.7. The molecule has 0 aliphatic carbocycles. The van der Waals surface area contributed by atoms with Crippen molar-refractivity contribution in [3.05, 3.63) is 16.7 Å². The number of aromatic amines is 1. The zero-order valence-corrected chi connectivity index (χ0v) is 16.3. The summed E-state index contributed by atoms with van der Waals surface area (Å²) in [6, 6.07) is 0. The van der Waals surface area contributed by atoms with Crippen LogP contribution in [0.5, 0.6) is 0 Å². The Kier molecular flexibility index (Phi) is 8.15. The number of aliphatic hydroxyl groups is 7. The lowest BCUT2D eigenvalue weighted by molar-refractivity contribution is -0.132. The number of fused-ring (bicyclic) bond motifs is 1. The molecule has 15 nitrogen and oxygen atoms in total. The molecule has 15 heteroatoms. The van der Waals surface area contributed by atoms with Crippen molar-refractivity contribution in [1.29, 1.82) is 0 Å². The minimum atomic E-state index is -1.65. The van der Waals surface area contributed by atoms with E-state index in [1.807, 2.05) is 0 Å². The van der Waals surface area contributed by atoms with E-state index in [0.717, 1.165) is 0 Å². The number of aldehydes is 1. The SMILES string of the molecule is CC(O)C(O)C(O)C(O)C=O.Nc1nc2c(ncn2[C@@H]2O[C@H](CO)[C@@H](O)[C@H]2O)c(=O)[nH]1. The second kappa shape index (κ2) is 10.2. The topological polar surface area (TPSA) is 258 Å².